The highest BCUT2D eigenvalue weighted by Crippen LogP contribution is 2.27. The highest BCUT2D eigenvalue weighted by molar-refractivity contribution is 5.91. The molecule has 2 aromatic carbocycles. The molecular formula is C18H18N2O. The average Bonchev–Trinajstić information content (AvgIpc) is 2.54. The molecule has 21 heavy (non-hydrogen) atoms. The van der Waals surface area contributed by atoms with Crippen LogP contribution in [0.4, 0.5) is 5.69 Å². The van der Waals surface area contributed by atoms with Crippen molar-refractivity contribution in [2.75, 3.05) is 11.9 Å². The topological polar surface area (TPSA) is 36.4 Å². The van der Waals surface area contributed by atoms with E-state index < -0.39 is 0 Å². The molecule has 0 saturated carbocycles. The number of benzene rings is 2. The van der Waals surface area contributed by atoms with Gasteiger partial charge in [-0.1, -0.05) is 48.5 Å². The third kappa shape index (κ3) is 2.88. The molecule has 3 aromatic rings. The molecule has 0 aliphatic rings. The molecule has 0 spiro atoms. The van der Waals surface area contributed by atoms with Gasteiger partial charge in [0, 0.05) is 24.7 Å². The average molecular weight is 278 g/mol. The Morgan fingerprint density at radius 1 is 1.00 bits per heavy atom. The molecule has 0 amide bonds. The molecule has 1 N–H and O–H groups in total. The van der Waals surface area contributed by atoms with Crippen molar-refractivity contribution in [3.63, 3.8) is 0 Å². The molecule has 0 aliphatic heterocycles. The fourth-order valence-corrected chi connectivity index (χ4v) is 2.55. The van der Waals surface area contributed by atoms with Gasteiger partial charge in [0.1, 0.15) is 0 Å². The first kappa shape index (κ1) is 13.6. The molecule has 0 unspecified atom stereocenters. The lowest BCUT2D eigenvalue weighted by Crippen LogP contribution is -2.17. The molecule has 3 nitrogen and oxygen atoms in total. The standard InChI is InChI=1S/C18H18N2O/c1-20(12-14-7-3-2-4-8-14)18-11-15(13-21)19-17-10-6-5-9-16(17)18/h2-11,21H,12-13H2,1H3. The Morgan fingerprint density at radius 3 is 2.48 bits per heavy atom. The zero-order valence-corrected chi connectivity index (χ0v) is 12.0. The summed E-state index contributed by atoms with van der Waals surface area (Å²) >= 11 is 0. The number of para-hydroxylation sites is 1. The SMILES string of the molecule is CN(Cc1ccccc1)c1cc(CO)nc2ccccc12. The van der Waals surface area contributed by atoms with Gasteiger partial charge in [-0.15, -0.1) is 0 Å². The number of aliphatic hydroxyl groups excluding tert-OH is 1. The molecule has 0 radical (unpaired) electrons. The number of aliphatic hydroxyl groups is 1. The smallest absolute Gasteiger partial charge is 0.0854 e. The minimum atomic E-state index is -0.0446. The number of aromatic nitrogens is 1. The van der Waals surface area contributed by atoms with Crippen molar-refractivity contribution in [1.82, 2.24) is 4.98 Å². The van der Waals surface area contributed by atoms with Gasteiger partial charge in [-0.3, -0.25) is 4.98 Å². The summed E-state index contributed by atoms with van der Waals surface area (Å²) in [4.78, 5) is 6.66. The Bertz CT molecular complexity index is 741. The number of rotatable bonds is 4. The number of hydrogen-bond acceptors (Lipinski definition) is 3. The van der Waals surface area contributed by atoms with Crippen molar-refractivity contribution in [2.45, 2.75) is 13.2 Å². The van der Waals surface area contributed by atoms with Gasteiger partial charge in [0.15, 0.2) is 0 Å². The first-order valence-electron chi connectivity index (χ1n) is 7.02. The van der Waals surface area contributed by atoms with Gasteiger partial charge in [0.2, 0.25) is 0 Å². The van der Waals surface area contributed by atoms with Gasteiger partial charge in [-0.05, 0) is 17.7 Å². The highest BCUT2D eigenvalue weighted by atomic mass is 16.3. The van der Waals surface area contributed by atoms with Crippen molar-refractivity contribution < 1.29 is 5.11 Å². The lowest BCUT2D eigenvalue weighted by Gasteiger charge is -2.22. The summed E-state index contributed by atoms with van der Waals surface area (Å²) in [5.74, 6) is 0. The summed E-state index contributed by atoms with van der Waals surface area (Å²) in [6.07, 6.45) is 0. The summed E-state index contributed by atoms with van der Waals surface area (Å²) in [5.41, 5.74) is 3.96. The van der Waals surface area contributed by atoms with Crippen LogP contribution in [-0.2, 0) is 13.2 Å². The van der Waals surface area contributed by atoms with E-state index in [0.717, 1.165) is 23.1 Å². The van der Waals surface area contributed by atoms with E-state index in [1.165, 1.54) is 5.56 Å². The molecule has 3 heteroatoms. The third-order valence-corrected chi connectivity index (χ3v) is 3.58. The quantitative estimate of drug-likeness (QED) is 0.795. The minimum absolute atomic E-state index is 0.0446. The van der Waals surface area contributed by atoms with Crippen LogP contribution in [0.1, 0.15) is 11.3 Å². The Morgan fingerprint density at radius 2 is 1.71 bits per heavy atom. The van der Waals surface area contributed by atoms with Crippen molar-refractivity contribution in [1.29, 1.82) is 0 Å². The van der Waals surface area contributed by atoms with Gasteiger partial charge in [-0.25, -0.2) is 0 Å². The number of nitrogens with zero attached hydrogens (tertiary/aromatic N) is 2. The van der Waals surface area contributed by atoms with E-state index in [4.69, 9.17) is 0 Å². The second kappa shape index (κ2) is 5.94. The van der Waals surface area contributed by atoms with Crippen molar-refractivity contribution >= 4 is 16.6 Å². The second-order valence-corrected chi connectivity index (χ2v) is 5.15. The second-order valence-electron chi connectivity index (χ2n) is 5.15. The van der Waals surface area contributed by atoms with Crippen LogP contribution >= 0.6 is 0 Å². The summed E-state index contributed by atoms with van der Waals surface area (Å²) < 4.78 is 0. The van der Waals surface area contributed by atoms with E-state index >= 15 is 0 Å². The zero-order chi connectivity index (χ0) is 14.7. The Labute approximate surface area is 124 Å². The molecule has 1 heterocycles. The molecule has 0 aliphatic carbocycles. The Balaban J connectivity index is 2.02. The van der Waals surface area contributed by atoms with Crippen molar-refractivity contribution in [2.24, 2.45) is 0 Å². The highest BCUT2D eigenvalue weighted by Gasteiger charge is 2.09. The van der Waals surface area contributed by atoms with Crippen LogP contribution in [0.3, 0.4) is 0 Å². The molecule has 0 atom stereocenters. The van der Waals surface area contributed by atoms with E-state index in [1.54, 1.807) is 0 Å². The van der Waals surface area contributed by atoms with Crippen LogP contribution in [0.25, 0.3) is 10.9 Å². The molecule has 106 valence electrons. The maximum atomic E-state index is 9.41. The maximum Gasteiger partial charge on any atom is 0.0854 e. The molecule has 3 rings (SSSR count). The molecule has 0 fully saturated rings. The van der Waals surface area contributed by atoms with E-state index in [9.17, 15) is 5.11 Å². The van der Waals surface area contributed by atoms with E-state index in [1.807, 2.05) is 42.5 Å². The molecular weight excluding hydrogens is 260 g/mol. The summed E-state index contributed by atoms with van der Waals surface area (Å²) in [7, 11) is 2.07. The van der Waals surface area contributed by atoms with E-state index in [2.05, 4.69) is 35.1 Å². The Hall–Kier alpha value is -2.39. The number of pyridine rings is 1. The minimum Gasteiger partial charge on any atom is -0.390 e. The largest absolute Gasteiger partial charge is 0.390 e. The van der Waals surface area contributed by atoms with Crippen LogP contribution in [0, 0.1) is 0 Å². The van der Waals surface area contributed by atoms with Crippen LogP contribution in [0.15, 0.2) is 60.7 Å². The zero-order valence-electron chi connectivity index (χ0n) is 12.0. The third-order valence-electron chi connectivity index (χ3n) is 3.58. The van der Waals surface area contributed by atoms with E-state index in [0.29, 0.717) is 5.69 Å². The lowest BCUT2D eigenvalue weighted by molar-refractivity contribution is 0.277. The monoisotopic (exact) mass is 278 g/mol. The van der Waals surface area contributed by atoms with Crippen molar-refractivity contribution in [3.8, 4) is 0 Å². The lowest BCUT2D eigenvalue weighted by atomic mass is 10.1. The normalized spacial score (nSPS) is 10.8. The van der Waals surface area contributed by atoms with Gasteiger partial charge in [0.05, 0.1) is 17.8 Å². The predicted octanol–water partition coefficient (Wildman–Crippen LogP) is 3.36. The molecule has 0 bridgehead atoms. The van der Waals surface area contributed by atoms with Crippen LogP contribution in [0.5, 0.6) is 0 Å². The maximum absolute atomic E-state index is 9.41. The fraction of sp³-hybridized carbons (Fsp3) is 0.167. The van der Waals surface area contributed by atoms with Gasteiger partial charge in [-0.2, -0.15) is 0 Å². The molecule has 1 aromatic heterocycles. The fourth-order valence-electron chi connectivity index (χ4n) is 2.55. The Kier molecular flexibility index (Phi) is 3.84. The van der Waals surface area contributed by atoms with Gasteiger partial charge >= 0.3 is 0 Å². The summed E-state index contributed by atoms with van der Waals surface area (Å²) in [5, 5.41) is 10.5. The number of anilines is 1. The summed E-state index contributed by atoms with van der Waals surface area (Å²) in [6.45, 7) is 0.775. The van der Waals surface area contributed by atoms with Gasteiger partial charge < -0.3 is 10.0 Å². The van der Waals surface area contributed by atoms with E-state index in [-0.39, 0.29) is 6.61 Å². The number of fused-ring (bicyclic) bond motifs is 1. The first-order valence-corrected chi connectivity index (χ1v) is 7.02. The van der Waals surface area contributed by atoms with Crippen LogP contribution in [-0.4, -0.2) is 17.1 Å². The van der Waals surface area contributed by atoms with Crippen LogP contribution in [0.2, 0.25) is 0 Å². The molecule has 0 saturated heterocycles. The first-order chi connectivity index (χ1) is 10.3. The van der Waals surface area contributed by atoms with Crippen LogP contribution < -0.4 is 4.90 Å². The number of hydrogen-bond donors (Lipinski definition) is 1. The van der Waals surface area contributed by atoms with Gasteiger partial charge in [0.25, 0.3) is 0 Å². The summed E-state index contributed by atoms with van der Waals surface area (Å²) in [6, 6.07) is 20.4. The predicted molar refractivity (Wildman–Crippen MR) is 86.2 cm³/mol. The van der Waals surface area contributed by atoms with Crippen molar-refractivity contribution in [3.05, 3.63) is 71.9 Å².